The quantitative estimate of drug-likeness (QED) is 0.884. The highest BCUT2D eigenvalue weighted by Gasteiger charge is 2.31. The van der Waals surface area contributed by atoms with Crippen molar-refractivity contribution in [2.24, 2.45) is 11.7 Å². The van der Waals surface area contributed by atoms with Crippen molar-refractivity contribution < 1.29 is 14.3 Å². The molecule has 2 aliphatic rings. The highest BCUT2D eigenvalue weighted by molar-refractivity contribution is 5.95. The third-order valence-corrected chi connectivity index (χ3v) is 4.90. The highest BCUT2D eigenvalue weighted by atomic mass is 16.5. The second kappa shape index (κ2) is 7.21. The average Bonchev–Trinajstić information content (AvgIpc) is 3.18. The maximum absolute atomic E-state index is 12.3. The zero-order valence-electron chi connectivity index (χ0n) is 14.1. The van der Waals surface area contributed by atoms with Crippen LogP contribution in [0.4, 0.5) is 5.69 Å². The molecule has 0 radical (unpaired) electrons. The summed E-state index contributed by atoms with van der Waals surface area (Å²) in [6, 6.07) is 7.57. The van der Waals surface area contributed by atoms with E-state index in [0.717, 1.165) is 31.6 Å². The van der Waals surface area contributed by atoms with Gasteiger partial charge in [0.15, 0.2) is 6.61 Å². The molecule has 130 valence electrons. The lowest BCUT2D eigenvalue weighted by Gasteiger charge is -2.21. The van der Waals surface area contributed by atoms with Crippen LogP contribution in [0, 0.1) is 5.92 Å². The molecule has 3 rings (SSSR count). The number of nitrogens with zero attached hydrogens (tertiary/aromatic N) is 2. The lowest BCUT2D eigenvalue weighted by molar-refractivity contribution is -0.134. The van der Waals surface area contributed by atoms with Gasteiger partial charge in [-0.05, 0) is 56.5 Å². The van der Waals surface area contributed by atoms with Gasteiger partial charge in [0.1, 0.15) is 5.75 Å². The van der Waals surface area contributed by atoms with Crippen LogP contribution in [0.1, 0.15) is 26.2 Å². The largest absolute Gasteiger partial charge is 0.484 e. The number of rotatable bonds is 5. The molecule has 2 amide bonds. The first-order valence-corrected chi connectivity index (χ1v) is 8.61. The summed E-state index contributed by atoms with van der Waals surface area (Å²) in [5.74, 6) is 1.19. The molecule has 2 aliphatic heterocycles. The zero-order chi connectivity index (χ0) is 17.1. The highest BCUT2D eigenvalue weighted by Crippen LogP contribution is 2.25. The Labute approximate surface area is 142 Å². The van der Waals surface area contributed by atoms with E-state index in [2.05, 4.69) is 6.92 Å². The van der Waals surface area contributed by atoms with Crippen molar-refractivity contribution in [1.82, 2.24) is 4.90 Å². The summed E-state index contributed by atoms with van der Waals surface area (Å²) < 4.78 is 5.62. The Kier molecular flexibility index (Phi) is 5.04. The van der Waals surface area contributed by atoms with Crippen LogP contribution in [-0.4, -0.2) is 49.0 Å². The van der Waals surface area contributed by atoms with Crippen molar-refractivity contribution in [2.45, 2.75) is 32.2 Å². The van der Waals surface area contributed by atoms with Crippen molar-refractivity contribution in [3.05, 3.63) is 24.3 Å². The molecule has 2 N–H and O–H groups in total. The van der Waals surface area contributed by atoms with Gasteiger partial charge in [0.05, 0.1) is 0 Å². The maximum atomic E-state index is 12.3. The van der Waals surface area contributed by atoms with Gasteiger partial charge in [-0.3, -0.25) is 9.59 Å². The summed E-state index contributed by atoms with van der Waals surface area (Å²) in [5.41, 5.74) is 6.59. The minimum Gasteiger partial charge on any atom is -0.484 e. The number of anilines is 1. The molecule has 2 heterocycles. The smallest absolute Gasteiger partial charge is 0.260 e. The van der Waals surface area contributed by atoms with Gasteiger partial charge < -0.3 is 20.3 Å². The molecule has 6 heteroatoms. The van der Waals surface area contributed by atoms with Crippen LogP contribution >= 0.6 is 0 Å². The number of ether oxygens (including phenoxy) is 1. The fourth-order valence-corrected chi connectivity index (χ4v) is 3.53. The molecule has 0 spiro atoms. The van der Waals surface area contributed by atoms with Gasteiger partial charge in [0, 0.05) is 31.2 Å². The van der Waals surface area contributed by atoms with Crippen LogP contribution in [0.15, 0.2) is 24.3 Å². The monoisotopic (exact) mass is 331 g/mol. The van der Waals surface area contributed by atoms with E-state index in [9.17, 15) is 9.59 Å². The summed E-state index contributed by atoms with van der Waals surface area (Å²) in [6.07, 6.45) is 2.48. The van der Waals surface area contributed by atoms with E-state index in [1.165, 1.54) is 0 Å². The zero-order valence-corrected chi connectivity index (χ0v) is 14.1. The van der Waals surface area contributed by atoms with Crippen molar-refractivity contribution in [1.29, 1.82) is 0 Å². The number of amides is 2. The van der Waals surface area contributed by atoms with Crippen molar-refractivity contribution in [3.63, 3.8) is 0 Å². The van der Waals surface area contributed by atoms with Crippen molar-refractivity contribution in [3.8, 4) is 5.75 Å². The molecule has 2 unspecified atom stereocenters. The van der Waals surface area contributed by atoms with Crippen LogP contribution in [-0.2, 0) is 9.59 Å². The number of nitrogens with two attached hydrogens (primary N) is 1. The normalized spacial score (nSPS) is 23.8. The van der Waals surface area contributed by atoms with Gasteiger partial charge >= 0.3 is 0 Å². The Morgan fingerprint density at radius 1 is 1.33 bits per heavy atom. The number of hydrogen-bond acceptors (Lipinski definition) is 4. The third-order valence-electron chi connectivity index (χ3n) is 4.90. The SMILES string of the molecule is CC1CC(CN)CN1C(=O)COc1ccc(N2CCCC2=O)cc1. The first-order chi connectivity index (χ1) is 11.6. The van der Waals surface area contributed by atoms with E-state index in [0.29, 0.717) is 24.6 Å². The maximum Gasteiger partial charge on any atom is 0.260 e. The predicted molar refractivity (Wildman–Crippen MR) is 91.9 cm³/mol. The lowest BCUT2D eigenvalue weighted by Crippen LogP contribution is -2.37. The fourth-order valence-electron chi connectivity index (χ4n) is 3.53. The second-order valence-corrected chi connectivity index (χ2v) is 6.66. The molecule has 0 aromatic heterocycles. The van der Waals surface area contributed by atoms with Gasteiger partial charge in [-0.1, -0.05) is 0 Å². The molecule has 6 nitrogen and oxygen atoms in total. The van der Waals surface area contributed by atoms with Crippen LogP contribution < -0.4 is 15.4 Å². The summed E-state index contributed by atoms with van der Waals surface area (Å²) in [4.78, 5) is 27.7. The van der Waals surface area contributed by atoms with Gasteiger partial charge in [0.25, 0.3) is 5.91 Å². The first kappa shape index (κ1) is 16.8. The topological polar surface area (TPSA) is 75.9 Å². The van der Waals surface area contributed by atoms with Gasteiger partial charge in [-0.2, -0.15) is 0 Å². The molecule has 2 fully saturated rings. The van der Waals surface area contributed by atoms with E-state index >= 15 is 0 Å². The Bertz CT molecular complexity index is 602. The minimum atomic E-state index is -0.00255. The number of carbonyl (C=O) groups is 2. The van der Waals surface area contributed by atoms with E-state index in [-0.39, 0.29) is 24.5 Å². The molecule has 0 saturated carbocycles. The summed E-state index contributed by atoms with van der Waals surface area (Å²) in [7, 11) is 0. The Morgan fingerprint density at radius 3 is 2.67 bits per heavy atom. The van der Waals surface area contributed by atoms with E-state index in [1.54, 1.807) is 4.90 Å². The predicted octanol–water partition coefficient (Wildman–Crippen LogP) is 1.39. The summed E-state index contributed by atoms with van der Waals surface area (Å²) in [6.45, 7) is 4.19. The van der Waals surface area contributed by atoms with Crippen LogP contribution in [0.25, 0.3) is 0 Å². The minimum absolute atomic E-state index is 0.00255. The van der Waals surface area contributed by atoms with Gasteiger partial charge in [-0.25, -0.2) is 0 Å². The molecule has 1 aromatic rings. The Hall–Kier alpha value is -2.08. The Morgan fingerprint density at radius 2 is 2.08 bits per heavy atom. The number of hydrogen-bond donors (Lipinski definition) is 1. The number of benzene rings is 1. The number of carbonyl (C=O) groups excluding carboxylic acids is 2. The average molecular weight is 331 g/mol. The van der Waals surface area contributed by atoms with Gasteiger partial charge in [0.2, 0.25) is 5.91 Å². The first-order valence-electron chi connectivity index (χ1n) is 8.61. The molecule has 1 aromatic carbocycles. The molecule has 0 bridgehead atoms. The molecular weight excluding hydrogens is 306 g/mol. The molecule has 0 aliphatic carbocycles. The third kappa shape index (κ3) is 3.53. The van der Waals surface area contributed by atoms with Crippen molar-refractivity contribution >= 4 is 17.5 Å². The van der Waals surface area contributed by atoms with E-state index in [4.69, 9.17) is 10.5 Å². The lowest BCUT2D eigenvalue weighted by atomic mass is 10.1. The molecule has 24 heavy (non-hydrogen) atoms. The molecule has 2 atom stereocenters. The molecular formula is C18H25N3O3. The number of likely N-dealkylation sites (tertiary alicyclic amines) is 1. The summed E-state index contributed by atoms with van der Waals surface area (Å²) >= 11 is 0. The fraction of sp³-hybridized carbons (Fsp3) is 0.556. The second-order valence-electron chi connectivity index (χ2n) is 6.66. The van der Waals surface area contributed by atoms with Crippen LogP contribution in [0.2, 0.25) is 0 Å². The van der Waals surface area contributed by atoms with E-state index in [1.807, 2.05) is 29.2 Å². The van der Waals surface area contributed by atoms with Crippen LogP contribution in [0.5, 0.6) is 5.75 Å². The van der Waals surface area contributed by atoms with E-state index < -0.39 is 0 Å². The van der Waals surface area contributed by atoms with Crippen LogP contribution in [0.3, 0.4) is 0 Å². The standard InChI is InChI=1S/C18H25N3O3/c1-13-9-14(10-19)11-21(13)18(23)12-24-16-6-4-15(5-7-16)20-8-2-3-17(20)22/h4-7,13-14H,2-3,8-12,19H2,1H3. The Balaban J connectivity index is 1.53. The summed E-state index contributed by atoms with van der Waals surface area (Å²) in [5, 5.41) is 0. The van der Waals surface area contributed by atoms with Gasteiger partial charge in [-0.15, -0.1) is 0 Å². The van der Waals surface area contributed by atoms with Crippen molar-refractivity contribution in [2.75, 3.05) is 31.1 Å². The molecule has 2 saturated heterocycles.